The van der Waals surface area contributed by atoms with Crippen LogP contribution in [0, 0.1) is 5.82 Å². The van der Waals surface area contributed by atoms with E-state index < -0.39 is 27.5 Å². The minimum absolute atomic E-state index is 0.156. The number of amides is 1. The zero-order valence-corrected chi connectivity index (χ0v) is 19.2. The van der Waals surface area contributed by atoms with Crippen LogP contribution in [0.4, 0.5) is 4.39 Å². The van der Waals surface area contributed by atoms with Crippen molar-refractivity contribution in [3.05, 3.63) is 29.6 Å². The monoisotopic (exact) mass is 457 g/mol. The molecule has 2 aliphatic rings. The lowest BCUT2D eigenvalue weighted by Gasteiger charge is -2.41. The van der Waals surface area contributed by atoms with Gasteiger partial charge >= 0.3 is 0 Å². The molecule has 1 atom stereocenters. The first-order valence-corrected chi connectivity index (χ1v) is 12.3. The number of carbonyl (C=O) groups is 1. The van der Waals surface area contributed by atoms with Crippen LogP contribution in [0.5, 0.6) is 5.75 Å². The fraction of sp³-hybridized carbons (Fsp3) is 0.667. The van der Waals surface area contributed by atoms with E-state index in [2.05, 4.69) is 10.2 Å². The van der Waals surface area contributed by atoms with Crippen LogP contribution in [0.25, 0.3) is 0 Å². The molecule has 1 fully saturated rings. The Balaban J connectivity index is 1.76. The molecular weight excluding hydrogens is 425 g/mol. The summed E-state index contributed by atoms with van der Waals surface area (Å²) >= 11 is 0. The van der Waals surface area contributed by atoms with Crippen molar-refractivity contribution in [3.8, 4) is 5.75 Å². The number of benzene rings is 1. The van der Waals surface area contributed by atoms with Crippen molar-refractivity contribution in [2.24, 2.45) is 0 Å². The van der Waals surface area contributed by atoms with Crippen LogP contribution in [-0.2, 0) is 19.6 Å². The van der Waals surface area contributed by atoms with Gasteiger partial charge in [0.05, 0.1) is 31.6 Å². The Morgan fingerprint density at radius 1 is 1.32 bits per heavy atom. The van der Waals surface area contributed by atoms with E-state index in [9.17, 15) is 17.6 Å². The SMILES string of the molecule is CCS(=O)(=O)N(CC(=O)NCCN1CCOCC1)C1CC(C)(C)Oc2ccc(F)cc21. The third-order valence-electron chi connectivity index (χ3n) is 5.63. The van der Waals surface area contributed by atoms with E-state index in [4.69, 9.17) is 9.47 Å². The molecule has 0 radical (unpaired) electrons. The molecule has 2 heterocycles. The van der Waals surface area contributed by atoms with E-state index in [-0.39, 0.29) is 18.2 Å². The number of sulfonamides is 1. The van der Waals surface area contributed by atoms with Gasteiger partial charge in [0.2, 0.25) is 15.9 Å². The van der Waals surface area contributed by atoms with Crippen molar-refractivity contribution in [3.63, 3.8) is 0 Å². The molecule has 1 aromatic carbocycles. The summed E-state index contributed by atoms with van der Waals surface area (Å²) in [4.78, 5) is 14.9. The third kappa shape index (κ3) is 6.15. The quantitative estimate of drug-likeness (QED) is 0.637. The molecule has 0 aliphatic carbocycles. The summed E-state index contributed by atoms with van der Waals surface area (Å²) in [7, 11) is -3.74. The summed E-state index contributed by atoms with van der Waals surface area (Å²) in [6, 6.07) is 3.40. The highest BCUT2D eigenvalue weighted by Gasteiger charge is 2.41. The molecule has 10 heteroatoms. The zero-order valence-electron chi connectivity index (χ0n) is 18.4. The van der Waals surface area contributed by atoms with Crippen molar-refractivity contribution in [1.82, 2.24) is 14.5 Å². The summed E-state index contributed by atoms with van der Waals surface area (Å²) in [5.41, 5.74) is -0.221. The fourth-order valence-electron chi connectivity index (χ4n) is 3.99. The Morgan fingerprint density at radius 3 is 2.71 bits per heavy atom. The topological polar surface area (TPSA) is 88.2 Å². The molecule has 1 saturated heterocycles. The first-order valence-electron chi connectivity index (χ1n) is 10.7. The molecule has 1 amide bonds. The molecule has 3 rings (SSSR count). The van der Waals surface area contributed by atoms with Crippen molar-refractivity contribution in [2.75, 3.05) is 51.7 Å². The van der Waals surface area contributed by atoms with Crippen molar-refractivity contribution in [2.45, 2.75) is 38.8 Å². The molecule has 1 N–H and O–H groups in total. The van der Waals surface area contributed by atoms with Gasteiger partial charge in [-0.05, 0) is 39.0 Å². The lowest BCUT2D eigenvalue weighted by atomic mass is 9.89. The van der Waals surface area contributed by atoms with E-state index in [1.807, 2.05) is 13.8 Å². The number of carbonyl (C=O) groups excluding carboxylic acids is 1. The number of nitrogens with zero attached hydrogens (tertiary/aromatic N) is 2. The van der Waals surface area contributed by atoms with E-state index in [0.717, 1.165) is 13.1 Å². The Labute approximate surface area is 183 Å². The number of halogens is 1. The van der Waals surface area contributed by atoms with Gasteiger partial charge in [-0.3, -0.25) is 9.69 Å². The number of hydrogen-bond acceptors (Lipinski definition) is 6. The average Bonchev–Trinajstić information content (AvgIpc) is 2.72. The number of hydrogen-bond donors (Lipinski definition) is 1. The van der Waals surface area contributed by atoms with Gasteiger partial charge in [-0.25, -0.2) is 12.8 Å². The summed E-state index contributed by atoms with van der Waals surface area (Å²) in [5.74, 6) is -0.577. The molecule has 31 heavy (non-hydrogen) atoms. The van der Waals surface area contributed by atoms with E-state index in [0.29, 0.717) is 44.0 Å². The average molecular weight is 458 g/mol. The summed E-state index contributed by atoms with van der Waals surface area (Å²) < 4.78 is 52.3. The van der Waals surface area contributed by atoms with Crippen LogP contribution >= 0.6 is 0 Å². The Morgan fingerprint density at radius 2 is 2.03 bits per heavy atom. The molecule has 0 spiro atoms. The Kier molecular flexibility index (Phi) is 7.56. The van der Waals surface area contributed by atoms with Crippen LogP contribution < -0.4 is 10.1 Å². The van der Waals surface area contributed by atoms with E-state index in [1.54, 1.807) is 0 Å². The molecule has 0 bridgehead atoms. The van der Waals surface area contributed by atoms with Gasteiger partial charge < -0.3 is 14.8 Å². The second kappa shape index (κ2) is 9.81. The van der Waals surface area contributed by atoms with Crippen molar-refractivity contribution < 1.29 is 27.1 Å². The van der Waals surface area contributed by atoms with Crippen LogP contribution in [0.15, 0.2) is 18.2 Å². The highest BCUT2D eigenvalue weighted by atomic mass is 32.2. The molecule has 0 aromatic heterocycles. The van der Waals surface area contributed by atoms with Crippen molar-refractivity contribution in [1.29, 1.82) is 0 Å². The van der Waals surface area contributed by atoms with Crippen LogP contribution in [-0.4, -0.2) is 80.8 Å². The maximum atomic E-state index is 14.0. The molecule has 174 valence electrons. The van der Waals surface area contributed by atoms with Gasteiger partial charge in [-0.1, -0.05) is 0 Å². The number of fused-ring (bicyclic) bond motifs is 1. The zero-order chi connectivity index (χ0) is 22.6. The van der Waals surface area contributed by atoms with Gasteiger partial charge in [-0.15, -0.1) is 0 Å². The minimum atomic E-state index is -3.74. The predicted octanol–water partition coefficient (Wildman–Crippen LogP) is 1.53. The van der Waals surface area contributed by atoms with Gasteiger partial charge in [0.25, 0.3) is 0 Å². The van der Waals surface area contributed by atoms with Gasteiger partial charge in [0.15, 0.2) is 0 Å². The smallest absolute Gasteiger partial charge is 0.235 e. The first kappa shape index (κ1) is 23.9. The summed E-state index contributed by atoms with van der Waals surface area (Å²) in [6.45, 7) is 8.98. The van der Waals surface area contributed by atoms with Gasteiger partial charge in [0.1, 0.15) is 17.2 Å². The predicted molar refractivity (Wildman–Crippen MR) is 115 cm³/mol. The Bertz CT molecular complexity index is 887. The lowest BCUT2D eigenvalue weighted by Crippen LogP contribution is -2.48. The standard InChI is InChI=1S/C21H32FN3O5S/c1-4-31(27,28)25(15-20(26)23-7-8-24-9-11-29-12-10-24)18-14-21(2,3)30-19-6-5-16(22)13-17(18)19/h5-6,13,18H,4,7-12,14-15H2,1-3H3,(H,23,26). The maximum absolute atomic E-state index is 14.0. The second-order valence-corrected chi connectivity index (χ2v) is 10.7. The van der Waals surface area contributed by atoms with Crippen LogP contribution in [0.1, 0.15) is 38.8 Å². The molecule has 0 saturated carbocycles. The van der Waals surface area contributed by atoms with Gasteiger partial charge in [0, 0.05) is 38.2 Å². The van der Waals surface area contributed by atoms with E-state index in [1.165, 1.54) is 29.4 Å². The summed E-state index contributed by atoms with van der Waals surface area (Å²) in [5, 5.41) is 2.82. The normalized spacial score (nSPS) is 21.4. The molecular formula is C21H32FN3O5S. The van der Waals surface area contributed by atoms with Gasteiger partial charge in [-0.2, -0.15) is 4.31 Å². The van der Waals surface area contributed by atoms with E-state index >= 15 is 0 Å². The minimum Gasteiger partial charge on any atom is -0.487 e. The molecule has 1 unspecified atom stereocenters. The maximum Gasteiger partial charge on any atom is 0.235 e. The molecule has 8 nitrogen and oxygen atoms in total. The highest BCUT2D eigenvalue weighted by Crippen LogP contribution is 2.43. The summed E-state index contributed by atoms with van der Waals surface area (Å²) in [6.07, 6.45) is 0.309. The third-order valence-corrected chi connectivity index (χ3v) is 7.45. The second-order valence-electron chi connectivity index (χ2n) is 8.51. The first-order chi connectivity index (χ1) is 14.6. The number of ether oxygens (including phenoxy) is 2. The number of morpholine rings is 1. The van der Waals surface area contributed by atoms with Crippen LogP contribution in [0.2, 0.25) is 0 Å². The van der Waals surface area contributed by atoms with Crippen molar-refractivity contribution >= 4 is 15.9 Å². The van der Waals surface area contributed by atoms with Crippen LogP contribution in [0.3, 0.4) is 0 Å². The number of nitrogens with one attached hydrogen (secondary N) is 1. The molecule has 2 aliphatic heterocycles. The largest absolute Gasteiger partial charge is 0.487 e. The fourth-order valence-corrected chi connectivity index (χ4v) is 5.21. The highest BCUT2D eigenvalue weighted by molar-refractivity contribution is 7.89. The number of rotatable bonds is 8. The molecule has 1 aromatic rings. The lowest BCUT2D eigenvalue weighted by molar-refractivity contribution is -0.122. The Hall–Kier alpha value is -1.75.